The molecule has 0 amide bonds. The van der Waals surface area contributed by atoms with Gasteiger partial charge in [-0.05, 0) is 33.6 Å². The highest BCUT2D eigenvalue weighted by Gasteiger charge is 2.14. The molecule has 1 atom stereocenters. The Morgan fingerprint density at radius 3 is 2.87 bits per heavy atom. The van der Waals surface area contributed by atoms with E-state index in [0.717, 1.165) is 0 Å². The number of esters is 1. The van der Waals surface area contributed by atoms with E-state index in [1.165, 1.54) is 25.3 Å². The summed E-state index contributed by atoms with van der Waals surface area (Å²) in [5.74, 6) is -0.924. The molecule has 0 fully saturated rings. The lowest BCUT2D eigenvalue weighted by Gasteiger charge is -2.09. The summed E-state index contributed by atoms with van der Waals surface area (Å²) in [7, 11) is 1.25. The molecule has 15 heavy (non-hydrogen) atoms. The number of hydrogen-bond donors (Lipinski definition) is 1. The SMILES string of the molecule is COC(=O)C[C@H](O)c1ccc(F)c(Br)c1. The second kappa shape index (κ2) is 5.23. The number of carbonyl (C=O) groups excluding carboxylic acids is 1. The third kappa shape index (κ3) is 3.28. The number of benzene rings is 1. The molecule has 0 aliphatic carbocycles. The molecule has 1 N–H and O–H groups in total. The van der Waals surface area contributed by atoms with Gasteiger partial charge in [-0.15, -0.1) is 0 Å². The molecule has 0 saturated carbocycles. The van der Waals surface area contributed by atoms with E-state index in [1.807, 2.05) is 0 Å². The predicted molar refractivity (Wildman–Crippen MR) is 55.7 cm³/mol. The minimum absolute atomic E-state index is 0.144. The minimum Gasteiger partial charge on any atom is -0.469 e. The fraction of sp³-hybridized carbons (Fsp3) is 0.300. The zero-order chi connectivity index (χ0) is 11.4. The highest BCUT2D eigenvalue weighted by Crippen LogP contribution is 2.23. The van der Waals surface area contributed by atoms with Gasteiger partial charge < -0.3 is 9.84 Å². The Bertz CT molecular complexity index is 368. The summed E-state index contributed by atoms with van der Waals surface area (Å²) >= 11 is 3.00. The van der Waals surface area contributed by atoms with E-state index in [-0.39, 0.29) is 10.9 Å². The highest BCUT2D eigenvalue weighted by atomic mass is 79.9. The van der Waals surface area contributed by atoms with Crippen molar-refractivity contribution in [2.75, 3.05) is 7.11 Å². The molecule has 0 aliphatic heterocycles. The molecule has 0 heterocycles. The van der Waals surface area contributed by atoms with Crippen molar-refractivity contribution in [1.82, 2.24) is 0 Å². The lowest BCUT2D eigenvalue weighted by molar-refractivity contribution is -0.142. The molecule has 1 aromatic carbocycles. The van der Waals surface area contributed by atoms with Crippen LogP contribution in [0.3, 0.4) is 0 Å². The smallest absolute Gasteiger partial charge is 0.308 e. The van der Waals surface area contributed by atoms with Crippen LogP contribution in [-0.4, -0.2) is 18.2 Å². The van der Waals surface area contributed by atoms with Gasteiger partial charge >= 0.3 is 5.97 Å². The number of halogens is 2. The number of rotatable bonds is 3. The number of carbonyl (C=O) groups is 1. The molecular formula is C10H10BrFO3. The van der Waals surface area contributed by atoms with Gasteiger partial charge in [-0.2, -0.15) is 0 Å². The van der Waals surface area contributed by atoms with Crippen molar-refractivity contribution >= 4 is 21.9 Å². The lowest BCUT2D eigenvalue weighted by Crippen LogP contribution is -2.08. The number of aliphatic hydroxyl groups is 1. The maximum absolute atomic E-state index is 12.9. The van der Waals surface area contributed by atoms with Crippen molar-refractivity contribution < 1.29 is 19.0 Å². The topological polar surface area (TPSA) is 46.5 Å². The van der Waals surface area contributed by atoms with E-state index in [4.69, 9.17) is 0 Å². The van der Waals surface area contributed by atoms with Gasteiger partial charge in [0, 0.05) is 0 Å². The van der Waals surface area contributed by atoms with Crippen molar-refractivity contribution in [1.29, 1.82) is 0 Å². The van der Waals surface area contributed by atoms with Gasteiger partial charge in [0.25, 0.3) is 0 Å². The Hall–Kier alpha value is -0.940. The van der Waals surface area contributed by atoms with Crippen LogP contribution in [0.5, 0.6) is 0 Å². The normalized spacial score (nSPS) is 12.3. The van der Waals surface area contributed by atoms with Crippen LogP contribution in [0.1, 0.15) is 18.1 Å². The molecule has 0 unspecified atom stereocenters. The van der Waals surface area contributed by atoms with Crippen molar-refractivity contribution in [3.63, 3.8) is 0 Å². The summed E-state index contributed by atoms with van der Waals surface area (Å²) in [6.07, 6.45) is -1.12. The number of ether oxygens (including phenoxy) is 1. The zero-order valence-electron chi connectivity index (χ0n) is 8.04. The van der Waals surface area contributed by atoms with Gasteiger partial charge in [0.1, 0.15) is 5.82 Å². The molecule has 0 saturated heterocycles. The number of hydrogen-bond acceptors (Lipinski definition) is 3. The summed E-state index contributed by atoms with van der Waals surface area (Å²) < 4.78 is 17.5. The number of aliphatic hydroxyl groups excluding tert-OH is 1. The first-order chi connectivity index (χ1) is 7.04. The van der Waals surface area contributed by atoms with Crippen LogP contribution in [0.25, 0.3) is 0 Å². The Morgan fingerprint density at radius 2 is 2.33 bits per heavy atom. The first-order valence-corrected chi connectivity index (χ1v) is 5.03. The fourth-order valence-electron chi connectivity index (χ4n) is 1.08. The molecular weight excluding hydrogens is 267 g/mol. The number of methoxy groups -OCH3 is 1. The standard InChI is InChI=1S/C10H10BrFO3/c1-15-10(14)5-9(13)6-2-3-8(12)7(11)4-6/h2-4,9,13H,5H2,1H3/t9-/m0/s1. The van der Waals surface area contributed by atoms with Gasteiger partial charge in [0.2, 0.25) is 0 Å². The van der Waals surface area contributed by atoms with Crippen molar-refractivity contribution in [2.24, 2.45) is 0 Å². The maximum atomic E-state index is 12.9. The van der Waals surface area contributed by atoms with Crippen LogP contribution in [0.2, 0.25) is 0 Å². The highest BCUT2D eigenvalue weighted by molar-refractivity contribution is 9.10. The summed E-state index contributed by atoms with van der Waals surface area (Å²) in [6.45, 7) is 0. The van der Waals surface area contributed by atoms with Gasteiger partial charge in [0.15, 0.2) is 0 Å². The minimum atomic E-state index is -0.977. The van der Waals surface area contributed by atoms with Gasteiger partial charge in [-0.3, -0.25) is 4.79 Å². The van der Waals surface area contributed by atoms with Crippen LogP contribution in [0.15, 0.2) is 22.7 Å². The van der Waals surface area contributed by atoms with Crippen LogP contribution in [-0.2, 0) is 9.53 Å². The second-order valence-corrected chi connectivity index (χ2v) is 3.82. The van der Waals surface area contributed by atoms with E-state index in [0.29, 0.717) is 5.56 Å². The van der Waals surface area contributed by atoms with E-state index in [1.54, 1.807) is 0 Å². The van der Waals surface area contributed by atoms with E-state index in [2.05, 4.69) is 20.7 Å². The largest absolute Gasteiger partial charge is 0.469 e. The van der Waals surface area contributed by atoms with Crippen molar-refractivity contribution in [2.45, 2.75) is 12.5 Å². The van der Waals surface area contributed by atoms with Gasteiger partial charge in [-0.1, -0.05) is 6.07 Å². The van der Waals surface area contributed by atoms with Crippen molar-refractivity contribution in [3.05, 3.63) is 34.1 Å². The average Bonchev–Trinajstić information content (AvgIpc) is 2.21. The first-order valence-electron chi connectivity index (χ1n) is 4.24. The van der Waals surface area contributed by atoms with Gasteiger partial charge in [-0.25, -0.2) is 4.39 Å². The molecule has 0 radical (unpaired) electrons. The monoisotopic (exact) mass is 276 g/mol. The molecule has 0 aromatic heterocycles. The Morgan fingerprint density at radius 1 is 1.67 bits per heavy atom. The quantitative estimate of drug-likeness (QED) is 0.861. The molecule has 0 bridgehead atoms. The predicted octanol–water partition coefficient (Wildman–Crippen LogP) is 2.18. The Labute approximate surface area is 95.0 Å². The lowest BCUT2D eigenvalue weighted by atomic mass is 10.1. The molecule has 0 aliphatic rings. The van der Waals surface area contributed by atoms with Gasteiger partial charge in [0.05, 0.1) is 24.1 Å². The molecule has 5 heteroatoms. The van der Waals surface area contributed by atoms with Crippen LogP contribution in [0.4, 0.5) is 4.39 Å². The van der Waals surface area contributed by atoms with Crippen LogP contribution >= 0.6 is 15.9 Å². The Balaban J connectivity index is 2.78. The fourth-order valence-corrected chi connectivity index (χ4v) is 1.48. The van der Waals surface area contributed by atoms with E-state index < -0.39 is 17.9 Å². The Kier molecular flexibility index (Phi) is 4.23. The summed E-state index contributed by atoms with van der Waals surface area (Å²) in [4.78, 5) is 10.9. The summed E-state index contributed by atoms with van der Waals surface area (Å²) in [6, 6.07) is 4.08. The molecule has 82 valence electrons. The van der Waals surface area contributed by atoms with Crippen LogP contribution < -0.4 is 0 Å². The summed E-state index contributed by atoms with van der Waals surface area (Å²) in [5.41, 5.74) is 0.466. The summed E-state index contributed by atoms with van der Waals surface area (Å²) in [5, 5.41) is 9.59. The van der Waals surface area contributed by atoms with E-state index in [9.17, 15) is 14.3 Å². The maximum Gasteiger partial charge on any atom is 0.308 e. The van der Waals surface area contributed by atoms with Crippen molar-refractivity contribution in [3.8, 4) is 0 Å². The second-order valence-electron chi connectivity index (χ2n) is 2.97. The third-order valence-electron chi connectivity index (χ3n) is 1.92. The third-order valence-corrected chi connectivity index (χ3v) is 2.52. The molecule has 1 aromatic rings. The molecule has 3 nitrogen and oxygen atoms in total. The van der Waals surface area contributed by atoms with Crippen LogP contribution in [0, 0.1) is 5.82 Å². The molecule has 0 spiro atoms. The average molecular weight is 277 g/mol. The zero-order valence-corrected chi connectivity index (χ0v) is 9.62. The van der Waals surface area contributed by atoms with E-state index >= 15 is 0 Å². The molecule has 1 rings (SSSR count). The first kappa shape index (κ1) is 12.1.